The monoisotopic (exact) mass is 275 g/mol. The number of hydrogen-bond donors (Lipinski definition) is 0. The molecule has 0 radical (unpaired) electrons. The molecule has 0 fully saturated rings. The zero-order chi connectivity index (χ0) is 12.7. The molecule has 0 aliphatic rings. The third kappa shape index (κ3) is 4.38. The molecule has 17 heavy (non-hydrogen) atoms. The van der Waals surface area contributed by atoms with Gasteiger partial charge < -0.3 is 4.74 Å². The van der Waals surface area contributed by atoms with Gasteiger partial charge in [-0.15, -0.1) is 23.2 Å². The quantitative estimate of drug-likeness (QED) is 0.706. The molecule has 0 amide bonds. The van der Waals surface area contributed by atoms with Crippen LogP contribution in [0.25, 0.3) is 0 Å². The third-order valence-electron chi connectivity index (χ3n) is 2.89. The van der Waals surface area contributed by atoms with Gasteiger partial charge in [0.1, 0.15) is 5.75 Å². The lowest BCUT2D eigenvalue weighted by Crippen LogP contribution is -2.30. The number of nitrogens with zero attached hydrogens (tertiary/aromatic N) is 1. The molecular formula is C13H19Cl2NO. The first kappa shape index (κ1) is 14.6. The fourth-order valence-corrected chi connectivity index (χ4v) is 2.24. The molecule has 0 bridgehead atoms. The molecule has 0 aliphatic heterocycles. The maximum Gasteiger partial charge on any atom is 0.118 e. The minimum absolute atomic E-state index is 0.318. The average molecular weight is 276 g/mol. The molecule has 0 heterocycles. The highest BCUT2D eigenvalue weighted by atomic mass is 35.5. The van der Waals surface area contributed by atoms with E-state index in [1.165, 1.54) is 5.56 Å². The summed E-state index contributed by atoms with van der Waals surface area (Å²) >= 11 is 11.6. The van der Waals surface area contributed by atoms with Crippen LogP contribution in [0, 0.1) is 0 Å². The number of alkyl halides is 2. The highest BCUT2D eigenvalue weighted by molar-refractivity contribution is 6.18. The third-order valence-corrected chi connectivity index (χ3v) is 3.23. The molecule has 0 aromatic heterocycles. The summed E-state index contributed by atoms with van der Waals surface area (Å²) in [7, 11) is 1.67. The molecular weight excluding hydrogens is 257 g/mol. The largest absolute Gasteiger partial charge is 0.497 e. The molecule has 0 saturated heterocycles. The summed E-state index contributed by atoms with van der Waals surface area (Å²) in [6, 6.07) is 8.44. The predicted octanol–water partition coefficient (Wildman–Crippen LogP) is 3.54. The minimum Gasteiger partial charge on any atom is -0.497 e. The van der Waals surface area contributed by atoms with E-state index in [1.54, 1.807) is 7.11 Å². The first-order valence-electron chi connectivity index (χ1n) is 5.72. The standard InChI is InChI=1S/C13H19Cl2NO/c1-11(16(9-7-14)10-8-15)12-3-5-13(17-2)6-4-12/h3-6,11H,7-10H2,1-2H3. The summed E-state index contributed by atoms with van der Waals surface area (Å²) < 4.78 is 5.15. The van der Waals surface area contributed by atoms with Gasteiger partial charge in [0.15, 0.2) is 0 Å². The van der Waals surface area contributed by atoms with Crippen molar-refractivity contribution in [2.45, 2.75) is 13.0 Å². The van der Waals surface area contributed by atoms with E-state index in [1.807, 2.05) is 12.1 Å². The van der Waals surface area contributed by atoms with Gasteiger partial charge in [0.25, 0.3) is 0 Å². The molecule has 0 saturated carbocycles. The van der Waals surface area contributed by atoms with E-state index >= 15 is 0 Å². The summed E-state index contributed by atoms with van der Waals surface area (Å²) in [4.78, 5) is 2.28. The van der Waals surface area contributed by atoms with Crippen molar-refractivity contribution in [1.82, 2.24) is 4.90 Å². The van der Waals surface area contributed by atoms with E-state index in [9.17, 15) is 0 Å². The van der Waals surface area contributed by atoms with Gasteiger partial charge in [0.05, 0.1) is 7.11 Å². The molecule has 1 atom stereocenters. The lowest BCUT2D eigenvalue weighted by molar-refractivity contribution is 0.237. The summed E-state index contributed by atoms with van der Waals surface area (Å²) in [5.74, 6) is 2.12. The van der Waals surface area contributed by atoms with Crippen molar-refractivity contribution in [2.75, 3.05) is 32.0 Å². The minimum atomic E-state index is 0.318. The number of halogens is 2. The number of hydrogen-bond acceptors (Lipinski definition) is 2. The van der Waals surface area contributed by atoms with Crippen LogP contribution in [0.2, 0.25) is 0 Å². The van der Waals surface area contributed by atoms with Crippen LogP contribution in [0.3, 0.4) is 0 Å². The smallest absolute Gasteiger partial charge is 0.118 e. The number of rotatable bonds is 7. The number of methoxy groups -OCH3 is 1. The van der Waals surface area contributed by atoms with Crippen molar-refractivity contribution in [1.29, 1.82) is 0 Å². The summed E-state index contributed by atoms with van der Waals surface area (Å²) in [5.41, 5.74) is 1.25. The van der Waals surface area contributed by atoms with Crippen LogP contribution >= 0.6 is 23.2 Å². The maximum absolute atomic E-state index is 5.81. The topological polar surface area (TPSA) is 12.5 Å². The van der Waals surface area contributed by atoms with Crippen LogP contribution in [-0.4, -0.2) is 36.9 Å². The van der Waals surface area contributed by atoms with E-state index in [2.05, 4.69) is 24.0 Å². The molecule has 2 nitrogen and oxygen atoms in total. The Morgan fingerprint density at radius 1 is 1.12 bits per heavy atom. The summed E-state index contributed by atoms with van der Waals surface area (Å²) in [6.45, 7) is 3.86. The SMILES string of the molecule is COc1ccc(C(C)N(CCCl)CCCl)cc1. The van der Waals surface area contributed by atoms with Crippen molar-refractivity contribution in [3.8, 4) is 5.75 Å². The Balaban J connectivity index is 2.73. The van der Waals surface area contributed by atoms with Gasteiger partial charge in [0, 0.05) is 30.9 Å². The van der Waals surface area contributed by atoms with Gasteiger partial charge in [-0.3, -0.25) is 4.90 Å². The van der Waals surface area contributed by atoms with Crippen LogP contribution < -0.4 is 4.74 Å². The van der Waals surface area contributed by atoms with Crippen molar-refractivity contribution >= 4 is 23.2 Å². The molecule has 1 aromatic rings. The Bertz CT molecular complexity index is 310. The van der Waals surface area contributed by atoms with Crippen molar-refractivity contribution in [3.05, 3.63) is 29.8 Å². The van der Waals surface area contributed by atoms with Crippen LogP contribution in [-0.2, 0) is 0 Å². The molecule has 0 spiro atoms. The highest BCUT2D eigenvalue weighted by Gasteiger charge is 2.14. The molecule has 1 rings (SSSR count). The fourth-order valence-electron chi connectivity index (χ4n) is 1.81. The second kappa shape index (κ2) is 7.80. The average Bonchev–Trinajstić information content (AvgIpc) is 2.38. The Morgan fingerprint density at radius 3 is 2.06 bits per heavy atom. The van der Waals surface area contributed by atoms with Gasteiger partial charge in [-0.25, -0.2) is 0 Å². The first-order valence-corrected chi connectivity index (χ1v) is 6.79. The van der Waals surface area contributed by atoms with E-state index in [0.29, 0.717) is 17.8 Å². The van der Waals surface area contributed by atoms with Crippen LogP contribution in [0.15, 0.2) is 24.3 Å². The molecule has 0 aliphatic carbocycles. The summed E-state index contributed by atoms with van der Waals surface area (Å²) in [6.07, 6.45) is 0. The van der Waals surface area contributed by atoms with Gasteiger partial charge in [-0.05, 0) is 24.6 Å². The lowest BCUT2D eigenvalue weighted by Gasteiger charge is -2.28. The highest BCUT2D eigenvalue weighted by Crippen LogP contribution is 2.22. The van der Waals surface area contributed by atoms with Crippen LogP contribution in [0.4, 0.5) is 0 Å². The fraction of sp³-hybridized carbons (Fsp3) is 0.538. The number of ether oxygens (including phenoxy) is 1. The van der Waals surface area contributed by atoms with E-state index in [-0.39, 0.29) is 0 Å². The molecule has 1 aromatic carbocycles. The van der Waals surface area contributed by atoms with Gasteiger partial charge in [-0.1, -0.05) is 12.1 Å². The molecule has 96 valence electrons. The molecule has 1 unspecified atom stereocenters. The first-order chi connectivity index (χ1) is 8.22. The van der Waals surface area contributed by atoms with Crippen LogP contribution in [0.5, 0.6) is 5.75 Å². The van der Waals surface area contributed by atoms with Crippen LogP contribution in [0.1, 0.15) is 18.5 Å². The van der Waals surface area contributed by atoms with Gasteiger partial charge in [-0.2, -0.15) is 0 Å². The van der Waals surface area contributed by atoms with Gasteiger partial charge in [0.2, 0.25) is 0 Å². The Labute approximate surface area is 113 Å². The van der Waals surface area contributed by atoms with E-state index < -0.39 is 0 Å². The molecule has 4 heteroatoms. The summed E-state index contributed by atoms with van der Waals surface area (Å²) in [5, 5.41) is 0. The zero-order valence-electron chi connectivity index (χ0n) is 10.3. The Morgan fingerprint density at radius 2 is 1.65 bits per heavy atom. The van der Waals surface area contributed by atoms with Gasteiger partial charge >= 0.3 is 0 Å². The van der Waals surface area contributed by atoms with Crippen molar-refractivity contribution in [2.24, 2.45) is 0 Å². The zero-order valence-corrected chi connectivity index (χ0v) is 11.8. The molecule has 0 N–H and O–H groups in total. The second-order valence-electron chi connectivity index (χ2n) is 3.86. The normalized spacial score (nSPS) is 12.8. The van der Waals surface area contributed by atoms with Crippen molar-refractivity contribution < 1.29 is 4.74 Å². The van der Waals surface area contributed by atoms with E-state index in [4.69, 9.17) is 27.9 Å². The number of benzene rings is 1. The Hall–Kier alpha value is -0.440. The van der Waals surface area contributed by atoms with E-state index in [0.717, 1.165) is 18.8 Å². The Kier molecular flexibility index (Phi) is 6.71. The second-order valence-corrected chi connectivity index (χ2v) is 4.62. The predicted molar refractivity (Wildman–Crippen MR) is 74.4 cm³/mol. The maximum atomic E-state index is 5.81. The lowest BCUT2D eigenvalue weighted by atomic mass is 10.1. The van der Waals surface area contributed by atoms with Crippen molar-refractivity contribution in [3.63, 3.8) is 0 Å².